The summed E-state index contributed by atoms with van der Waals surface area (Å²) >= 11 is 0. The van der Waals surface area contributed by atoms with Gasteiger partial charge in [0.25, 0.3) is 5.56 Å². The number of aromatic nitrogens is 3. The van der Waals surface area contributed by atoms with Gasteiger partial charge in [-0.15, -0.1) is 0 Å². The van der Waals surface area contributed by atoms with Crippen molar-refractivity contribution in [1.82, 2.24) is 14.3 Å². The summed E-state index contributed by atoms with van der Waals surface area (Å²) in [5.74, 6) is -0.423. The molecule has 2 heterocycles. The monoisotopic (exact) mass is 263 g/mol. The highest BCUT2D eigenvalue weighted by Gasteiger charge is 2.16. The molecule has 102 valence electrons. The summed E-state index contributed by atoms with van der Waals surface area (Å²) < 4.78 is 7.92. The second-order valence-corrected chi connectivity index (χ2v) is 4.46. The predicted octanol–water partition coefficient (Wildman–Crippen LogP) is 0.915. The fraction of sp³-hybridized carbons (Fsp3) is 0.462. The first kappa shape index (κ1) is 13.3. The van der Waals surface area contributed by atoms with Gasteiger partial charge < -0.3 is 4.74 Å². The number of hydrogen-bond donors (Lipinski definition) is 0. The van der Waals surface area contributed by atoms with Crippen LogP contribution in [0.2, 0.25) is 0 Å². The molecule has 0 amide bonds. The molecule has 0 unspecified atom stereocenters. The maximum Gasteiger partial charge on any atom is 0.326 e. The van der Waals surface area contributed by atoms with Crippen LogP contribution in [0.4, 0.5) is 0 Å². The molecule has 2 aromatic rings. The lowest BCUT2D eigenvalue weighted by Crippen LogP contribution is -2.26. The van der Waals surface area contributed by atoms with Crippen molar-refractivity contribution in [2.45, 2.75) is 27.3 Å². The highest BCUT2D eigenvalue weighted by atomic mass is 16.5. The number of nitrogens with zero attached hydrogens (tertiary/aromatic N) is 3. The van der Waals surface area contributed by atoms with E-state index >= 15 is 0 Å². The van der Waals surface area contributed by atoms with Gasteiger partial charge in [-0.3, -0.25) is 18.8 Å². The smallest absolute Gasteiger partial charge is 0.326 e. The Morgan fingerprint density at radius 3 is 2.74 bits per heavy atom. The van der Waals surface area contributed by atoms with Crippen molar-refractivity contribution in [2.24, 2.45) is 7.05 Å². The van der Waals surface area contributed by atoms with Crippen LogP contribution >= 0.6 is 0 Å². The third kappa shape index (κ3) is 2.25. The van der Waals surface area contributed by atoms with E-state index < -0.39 is 5.97 Å². The fourth-order valence-corrected chi connectivity index (χ4v) is 2.35. The molecule has 0 bridgehead atoms. The molecule has 0 N–H and O–H groups in total. The molecule has 0 aliphatic heterocycles. The van der Waals surface area contributed by atoms with Gasteiger partial charge in [0.15, 0.2) is 0 Å². The maximum atomic E-state index is 12.1. The minimum atomic E-state index is -0.423. The minimum Gasteiger partial charge on any atom is -0.465 e. The molecule has 0 spiro atoms. The molecule has 0 atom stereocenters. The number of pyridine rings is 1. The molecular weight excluding hydrogens is 246 g/mol. The molecule has 0 aliphatic rings. The molecule has 0 radical (unpaired) electrons. The van der Waals surface area contributed by atoms with Crippen molar-refractivity contribution < 1.29 is 9.53 Å². The molecule has 6 nitrogen and oxygen atoms in total. The standard InChI is InChI=1S/C13H17N3O3/c1-5-19-11(18)7-16-10(17)6-8(2)12-9(3)14-15(4)13(12)16/h6H,5,7H2,1-4H3. The van der Waals surface area contributed by atoms with Crippen LogP contribution in [0.3, 0.4) is 0 Å². The van der Waals surface area contributed by atoms with E-state index in [0.29, 0.717) is 12.3 Å². The zero-order valence-electron chi connectivity index (χ0n) is 11.6. The molecule has 2 rings (SSSR count). The van der Waals surface area contributed by atoms with Gasteiger partial charge in [0.1, 0.15) is 12.2 Å². The summed E-state index contributed by atoms with van der Waals surface area (Å²) in [7, 11) is 1.76. The zero-order chi connectivity index (χ0) is 14.2. The molecular formula is C13H17N3O3. The fourth-order valence-electron chi connectivity index (χ4n) is 2.35. The van der Waals surface area contributed by atoms with E-state index in [1.807, 2.05) is 13.8 Å². The van der Waals surface area contributed by atoms with Crippen LogP contribution in [-0.4, -0.2) is 26.9 Å². The van der Waals surface area contributed by atoms with Crippen molar-refractivity contribution in [1.29, 1.82) is 0 Å². The third-order valence-corrected chi connectivity index (χ3v) is 3.04. The van der Waals surface area contributed by atoms with Gasteiger partial charge in [-0.2, -0.15) is 5.10 Å². The Balaban J connectivity index is 2.66. The lowest BCUT2D eigenvalue weighted by Gasteiger charge is -2.09. The van der Waals surface area contributed by atoms with Gasteiger partial charge in [-0.25, -0.2) is 0 Å². The maximum absolute atomic E-state index is 12.1. The first-order valence-corrected chi connectivity index (χ1v) is 6.15. The van der Waals surface area contributed by atoms with Crippen LogP contribution < -0.4 is 5.56 Å². The summed E-state index contributed by atoms with van der Waals surface area (Å²) in [6.07, 6.45) is 0. The lowest BCUT2D eigenvalue weighted by molar-refractivity contribution is -0.143. The summed E-state index contributed by atoms with van der Waals surface area (Å²) in [5, 5.41) is 5.22. The number of carbonyl (C=O) groups is 1. The number of hydrogen-bond acceptors (Lipinski definition) is 4. The third-order valence-electron chi connectivity index (χ3n) is 3.04. The summed E-state index contributed by atoms with van der Waals surface area (Å²) in [6, 6.07) is 1.52. The van der Waals surface area contributed by atoms with Gasteiger partial charge in [-0.1, -0.05) is 0 Å². The van der Waals surface area contributed by atoms with E-state index in [-0.39, 0.29) is 12.1 Å². The van der Waals surface area contributed by atoms with E-state index in [1.165, 1.54) is 10.6 Å². The Morgan fingerprint density at radius 2 is 2.11 bits per heavy atom. The second-order valence-electron chi connectivity index (χ2n) is 4.46. The number of fused-ring (bicyclic) bond motifs is 1. The van der Waals surface area contributed by atoms with E-state index in [4.69, 9.17) is 4.74 Å². The lowest BCUT2D eigenvalue weighted by atomic mass is 10.1. The quantitative estimate of drug-likeness (QED) is 0.772. The molecule has 0 aliphatic carbocycles. The number of rotatable bonds is 3. The van der Waals surface area contributed by atoms with Crippen LogP contribution in [0.15, 0.2) is 10.9 Å². The second kappa shape index (κ2) is 4.87. The van der Waals surface area contributed by atoms with Gasteiger partial charge >= 0.3 is 5.97 Å². The van der Waals surface area contributed by atoms with E-state index in [9.17, 15) is 9.59 Å². The topological polar surface area (TPSA) is 66.1 Å². The first-order chi connectivity index (χ1) is 8.95. The minimum absolute atomic E-state index is 0.0948. The van der Waals surface area contributed by atoms with E-state index in [2.05, 4.69) is 5.10 Å². The van der Waals surface area contributed by atoms with E-state index in [1.54, 1.807) is 18.7 Å². The van der Waals surface area contributed by atoms with Crippen LogP contribution in [0.25, 0.3) is 11.0 Å². The van der Waals surface area contributed by atoms with Gasteiger partial charge in [0, 0.05) is 18.5 Å². The van der Waals surface area contributed by atoms with Crippen LogP contribution in [0.5, 0.6) is 0 Å². The van der Waals surface area contributed by atoms with Crippen molar-refractivity contribution in [2.75, 3.05) is 6.61 Å². The van der Waals surface area contributed by atoms with Gasteiger partial charge in [0.2, 0.25) is 0 Å². The number of aryl methyl sites for hydroxylation is 3. The molecule has 0 aromatic carbocycles. The SMILES string of the molecule is CCOC(=O)Cn1c(=O)cc(C)c2c(C)nn(C)c21. The van der Waals surface area contributed by atoms with Crippen LogP contribution in [0, 0.1) is 13.8 Å². The number of ether oxygens (including phenoxy) is 1. The van der Waals surface area contributed by atoms with Gasteiger partial charge in [-0.05, 0) is 26.3 Å². The van der Waals surface area contributed by atoms with Crippen molar-refractivity contribution in [3.8, 4) is 0 Å². The van der Waals surface area contributed by atoms with E-state index in [0.717, 1.165) is 16.6 Å². The Bertz CT molecular complexity index is 697. The highest BCUT2D eigenvalue weighted by Crippen LogP contribution is 2.19. The highest BCUT2D eigenvalue weighted by molar-refractivity contribution is 5.83. The molecule has 6 heteroatoms. The molecule has 2 aromatic heterocycles. The number of esters is 1. The first-order valence-electron chi connectivity index (χ1n) is 6.15. The molecule has 0 saturated carbocycles. The Kier molecular flexibility index (Phi) is 3.42. The average molecular weight is 263 g/mol. The van der Waals surface area contributed by atoms with Crippen LogP contribution in [-0.2, 0) is 23.1 Å². The number of carbonyl (C=O) groups excluding carboxylic acids is 1. The molecule has 0 fully saturated rings. The summed E-state index contributed by atoms with van der Waals surface area (Å²) in [6.45, 7) is 5.69. The van der Waals surface area contributed by atoms with Crippen molar-refractivity contribution >= 4 is 17.0 Å². The zero-order valence-corrected chi connectivity index (χ0v) is 11.6. The van der Waals surface area contributed by atoms with Gasteiger partial charge in [0.05, 0.1) is 12.3 Å². The van der Waals surface area contributed by atoms with Crippen LogP contribution in [0.1, 0.15) is 18.2 Å². The predicted molar refractivity (Wildman–Crippen MR) is 71.1 cm³/mol. The molecule has 0 saturated heterocycles. The Morgan fingerprint density at radius 1 is 1.42 bits per heavy atom. The van der Waals surface area contributed by atoms with Crippen molar-refractivity contribution in [3.05, 3.63) is 27.7 Å². The Hall–Kier alpha value is -2.11. The normalized spacial score (nSPS) is 10.9. The Labute approximate surface area is 110 Å². The van der Waals surface area contributed by atoms with Crippen molar-refractivity contribution in [3.63, 3.8) is 0 Å². The largest absolute Gasteiger partial charge is 0.465 e. The summed E-state index contributed by atoms with van der Waals surface area (Å²) in [4.78, 5) is 23.7. The summed E-state index contributed by atoms with van der Waals surface area (Å²) in [5.41, 5.74) is 2.13. The average Bonchev–Trinajstić information content (AvgIpc) is 2.60. The molecule has 19 heavy (non-hydrogen) atoms.